The lowest BCUT2D eigenvalue weighted by atomic mass is 9.96. The van der Waals surface area contributed by atoms with E-state index in [1.165, 1.54) is 24.3 Å². The topological polar surface area (TPSA) is 37.3 Å². The first-order valence-electron chi connectivity index (χ1n) is 4.59. The minimum atomic E-state index is -0.375. The Morgan fingerprint density at radius 1 is 1.43 bits per heavy atom. The van der Waals surface area contributed by atoms with Gasteiger partial charge in [-0.25, -0.2) is 4.39 Å². The fourth-order valence-corrected chi connectivity index (χ4v) is 1.25. The van der Waals surface area contributed by atoms with Crippen molar-refractivity contribution in [3.8, 4) is 0 Å². The first-order valence-corrected chi connectivity index (χ1v) is 4.59. The summed E-state index contributed by atoms with van der Waals surface area (Å²) in [7, 11) is 0. The van der Waals surface area contributed by atoms with Crippen molar-refractivity contribution in [1.29, 1.82) is 0 Å². The Labute approximate surface area is 82.4 Å². The maximum absolute atomic E-state index is 12.6. The normalized spacial score (nSPS) is 12.5. The summed E-state index contributed by atoms with van der Waals surface area (Å²) in [5.74, 6) is -0.867. The lowest BCUT2D eigenvalue weighted by Gasteiger charge is -2.09. The number of ketones is 1. The van der Waals surface area contributed by atoms with Crippen LogP contribution in [0.5, 0.6) is 0 Å². The van der Waals surface area contributed by atoms with Crippen LogP contribution in [0.25, 0.3) is 0 Å². The quantitative estimate of drug-likeness (QED) is 0.748. The molecular weight excluding hydrogens is 183 g/mol. The van der Waals surface area contributed by atoms with Crippen LogP contribution < -0.4 is 0 Å². The molecule has 1 atom stereocenters. The molecule has 76 valence electrons. The zero-order valence-corrected chi connectivity index (χ0v) is 8.03. The van der Waals surface area contributed by atoms with Crippen LogP contribution in [0.1, 0.15) is 23.7 Å². The van der Waals surface area contributed by atoms with E-state index in [0.717, 1.165) is 0 Å². The third-order valence-electron chi connectivity index (χ3n) is 2.21. The van der Waals surface area contributed by atoms with Crippen LogP contribution in [0.15, 0.2) is 24.3 Å². The molecule has 0 fully saturated rings. The smallest absolute Gasteiger partial charge is 0.168 e. The number of carbonyl (C=O) groups is 1. The molecule has 1 unspecified atom stereocenters. The lowest BCUT2D eigenvalue weighted by Crippen LogP contribution is -2.17. The van der Waals surface area contributed by atoms with E-state index in [4.69, 9.17) is 5.11 Å². The Kier molecular flexibility index (Phi) is 3.77. The standard InChI is InChI=1S/C11H13FO2/c1-2-8(7-13)11(14)9-3-5-10(12)6-4-9/h3-6,8,13H,2,7H2,1H3. The Morgan fingerprint density at radius 3 is 2.43 bits per heavy atom. The highest BCUT2D eigenvalue weighted by Gasteiger charge is 2.16. The molecule has 0 saturated carbocycles. The highest BCUT2D eigenvalue weighted by Crippen LogP contribution is 2.12. The highest BCUT2D eigenvalue weighted by atomic mass is 19.1. The van der Waals surface area contributed by atoms with E-state index in [0.29, 0.717) is 12.0 Å². The molecule has 0 aliphatic heterocycles. The van der Waals surface area contributed by atoms with E-state index in [-0.39, 0.29) is 24.1 Å². The van der Waals surface area contributed by atoms with Crippen molar-refractivity contribution in [3.05, 3.63) is 35.6 Å². The van der Waals surface area contributed by atoms with Crippen molar-refractivity contribution in [2.45, 2.75) is 13.3 Å². The molecule has 14 heavy (non-hydrogen) atoms. The van der Waals surface area contributed by atoms with E-state index in [9.17, 15) is 9.18 Å². The fraction of sp³-hybridized carbons (Fsp3) is 0.364. The van der Waals surface area contributed by atoms with Gasteiger partial charge < -0.3 is 5.11 Å². The molecule has 0 aliphatic carbocycles. The van der Waals surface area contributed by atoms with Gasteiger partial charge in [-0.1, -0.05) is 6.92 Å². The molecule has 0 spiro atoms. The first-order chi connectivity index (χ1) is 6.69. The average Bonchev–Trinajstić information content (AvgIpc) is 2.20. The predicted octanol–water partition coefficient (Wildman–Crippen LogP) is 2.03. The van der Waals surface area contributed by atoms with E-state index >= 15 is 0 Å². The number of halogens is 1. The van der Waals surface area contributed by atoms with Gasteiger partial charge in [0, 0.05) is 11.5 Å². The summed E-state index contributed by atoms with van der Waals surface area (Å²) in [5, 5.41) is 8.92. The first kappa shape index (κ1) is 10.9. The number of carbonyl (C=O) groups excluding carboxylic acids is 1. The Morgan fingerprint density at radius 2 is 2.00 bits per heavy atom. The minimum absolute atomic E-state index is 0.130. The van der Waals surface area contributed by atoms with E-state index in [2.05, 4.69) is 0 Å². The second-order valence-corrected chi connectivity index (χ2v) is 3.16. The van der Waals surface area contributed by atoms with E-state index < -0.39 is 0 Å². The van der Waals surface area contributed by atoms with Gasteiger partial charge in [-0.15, -0.1) is 0 Å². The van der Waals surface area contributed by atoms with Gasteiger partial charge in [0.25, 0.3) is 0 Å². The van der Waals surface area contributed by atoms with Gasteiger partial charge in [0.05, 0.1) is 6.61 Å². The van der Waals surface area contributed by atoms with Crippen molar-refractivity contribution >= 4 is 5.78 Å². The summed E-state index contributed by atoms with van der Waals surface area (Å²) in [5.41, 5.74) is 0.451. The minimum Gasteiger partial charge on any atom is -0.396 e. The zero-order valence-electron chi connectivity index (χ0n) is 8.03. The van der Waals surface area contributed by atoms with Gasteiger partial charge in [0.15, 0.2) is 5.78 Å². The van der Waals surface area contributed by atoms with Gasteiger partial charge in [-0.2, -0.15) is 0 Å². The largest absolute Gasteiger partial charge is 0.396 e. The second kappa shape index (κ2) is 4.86. The summed E-state index contributed by atoms with van der Waals surface area (Å²) in [6.45, 7) is 1.68. The fourth-order valence-electron chi connectivity index (χ4n) is 1.25. The number of hydrogen-bond acceptors (Lipinski definition) is 2. The van der Waals surface area contributed by atoms with Gasteiger partial charge in [-0.05, 0) is 30.7 Å². The summed E-state index contributed by atoms with van der Waals surface area (Å²) in [6, 6.07) is 5.38. The van der Waals surface area contributed by atoms with E-state index in [1.807, 2.05) is 6.92 Å². The van der Waals surface area contributed by atoms with Crippen molar-refractivity contribution in [1.82, 2.24) is 0 Å². The molecule has 0 amide bonds. The molecule has 0 radical (unpaired) electrons. The molecule has 0 saturated heterocycles. The second-order valence-electron chi connectivity index (χ2n) is 3.16. The van der Waals surface area contributed by atoms with Crippen molar-refractivity contribution < 1.29 is 14.3 Å². The van der Waals surface area contributed by atoms with Crippen molar-refractivity contribution in [2.75, 3.05) is 6.61 Å². The van der Waals surface area contributed by atoms with Crippen LogP contribution >= 0.6 is 0 Å². The molecule has 1 aromatic rings. The summed E-state index contributed by atoms with van der Waals surface area (Å²) < 4.78 is 12.6. The highest BCUT2D eigenvalue weighted by molar-refractivity contribution is 5.97. The number of benzene rings is 1. The molecule has 0 heterocycles. The molecule has 1 rings (SSSR count). The van der Waals surface area contributed by atoms with Crippen LogP contribution in [0.3, 0.4) is 0 Å². The third kappa shape index (κ3) is 2.39. The van der Waals surface area contributed by atoms with Crippen LogP contribution in [-0.4, -0.2) is 17.5 Å². The van der Waals surface area contributed by atoms with Gasteiger partial charge >= 0.3 is 0 Å². The number of rotatable bonds is 4. The van der Waals surface area contributed by atoms with Crippen LogP contribution in [0.4, 0.5) is 4.39 Å². The molecule has 1 N–H and O–H groups in total. The Hall–Kier alpha value is -1.22. The SMILES string of the molecule is CCC(CO)C(=O)c1ccc(F)cc1. The number of hydrogen-bond donors (Lipinski definition) is 1. The maximum atomic E-state index is 12.6. The summed E-state index contributed by atoms with van der Waals surface area (Å²) in [4.78, 5) is 11.6. The molecule has 0 bridgehead atoms. The van der Waals surface area contributed by atoms with Crippen molar-refractivity contribution in [3.63, 3.8) is 0 Å². The molecule has 1 aromatic carbocycles. The van der Waals surface area contributed by atoms with E-state index in [1.54, 1.807) is 0 Å². The van der Waals surface area contributed by atoms with Crippen molar-refractivity contribution in [2.24, 2.45) is 5.92 Å². The number of Topliss-reactive ketones (excluding diaryl/α,β-unsaturated/α-hetero) is 1. The molecule has 0 aliphatic rings. The summed E-state index contributed by atoms with van der Waals surface area (Å²) >= 11 is 0. The molecule has 2 nitrogen and oxygen atoms in total. The average molecular weight is 196 g/mol. The number of aliphatic hydroxyl groups is 1. The van der Waals surface area contributed by atoms with Gasteiger partial charge in [-0.3, -0.25) is 4.79 Å². The van der Waals surface area contributed by atoms with Crippen LogP contribution in [-0.2, 0) is 0 Å². The molecule has 0 aromatic heterocycles. The zero-order chi connectivity index (χ0) is 10.6. The lowest BCUT2D eigenvalue weighted by molar-refractivity contribution is 0.0856. The summed E-state index contributed by atoms with van der Waals surface area (Å²) in [6.07, 6.45) is 0.590. The third-order valence-corrected chi connectivity index (χ3v) is 2.21. The molecule has 3 heteroatoms. The Balaban J connectivity index is 2.83. The predicted molar refractivity (Wildman–Crippen MR) is 51.6 cm³/mol. The monoisotopic (exact) mass is 196 g/mol. The van der Waals surface area contributed by atoms with Gasteiger partial charge in [0.2, 0.25) is 0 Å². The maximum Gasteiger partial charge on any atom is 0.168 e. The molecular formula is C11H13FO2. The van der Waals surface area contributed by atoms with Crippen LogP contribution in [0.2, 0.25) is 0 Å². The van der Waals surface area contributed by atoms with Gasteiger partial charge in [0.1, 0.15) is 5.82 Å². The number of aliphatic hydroxyl groups excluding tert-OH is 1. The Bertz CT molecular complexity index is 302. The van der Waals surface area contributed by atoms with Crippen LogP contribution in [0, 0.1) is 11.7 Å².